The number of ether oxygens (including phenoxy) is 1. The highest BCUT2D eigenvalue weighted by atomic mass is 16.5. The van der Waals surface area contributed by atoms with Crippen molar-refractivity contribution in [3.8, 4) is 0 Å². The molecule has 0 aliphatic carbocycles. The van der Waals surface area contributed by atoms with Gasteiger partial charge in [-0.25, -0.2) is 0 Å². The molecule has 190 valence electrons. The normalized spacial score (nSPS) is 12.9. The number of carbonyl (C=O) groups excluding carboxylic acids is 3. The van der Waals surface area contributed by atoms with Gasteiger partial charge in [0.05, 0.1) is 6.04 Å². The second-order valence-electron chi connectivity index (χ2n) is 9.58. The Hall–Kier alpha value is -3.23. The fraction of sp³-hybridized carbons (Fsp3) is 0.444. The van der Waals surface area contributed by atoms with Crippen molar-refractivity contribution in [2.75, 3.05) is 11.9 Å². The molecular weight excluding hydrogens is 444 g/mol. The summed E-state index contributed by atoms with van der Waals surface area (Å²) in [6, 6.07) is 15.6. The van der Waals surface area contributed by atoms with Gasteiger partial charge in [-0.3, -0.25) is 14.4 Å². The predicted octanol–water partition coefficient (Wildman–Crippen LogP) is 2.91. The van der Waals surface area contributed by atoms with Crippen LogP contribution >= 0.6 is 0 Å². The van der Waals surface area contributed by atoms with Crippen LogP contribution in [0, 0.1) is 0 Å². The Bertz CT molecular complexity index is 926. The van der Waals surface area contributed by atoms with Crippen molar-refractivity contribution in [2.45, 2.75) is 70.7 Å². The first-order valence-corrected chi connectivity index (χ1v) is 12.0. The van der Waals surface area contributed by atoms with E-state index in [1.165, 1.54) is 0 Å². The molecule has 0 bridgehead atoms. The summed E-state index contributed by atoms with van der Waals surface area (Å²) in [5.74, 6) is -0.514. The van der Waals surface area contributed by atoms with E-state index in [1.807, 2.05) is 51.1 Å². The number of rotatable bonds is 14. The number of nitrogens with two attached hydrogens (primary N) is 1. The lowest BCUT2D eigenvalue weighted by atomic mass is 10.00. The van der Waals surface area contributed by atoms with Gasteiger partial charge in [0.1, 0.15) is 12.6 Å². The van der Waals surface area contributed by atoms with Crippen molar-refractivity contribution in [3.63, 3.8) is 0 Å². The summed E-state index contributed by atoms with van der Waals surface area (Å²) in [6.45, 7) is 7.10. The Morgan fingerprint density at radius 2 is 1.63 bits per heavy atom. The number of hydrogen-bond acceptors (Lipinski definition) is 6. The Morgan fingerprint density at radius 3 is 2.23 bits per heavy atom. The van der Waals surface area contributed by atoms with Crippen molar-refractivity contribution in [1.29, 1.82) is 0 Å². The monoisotopic (exact) mass is 482 g/mol. The van der Waals surface area contributed by atoms with Crippen molar-refractivity contribution in [2.24, 2.45) is 5.73 Å². The van der Waals surface area contributed by atoms with Gasteiger partial charge in [0.25, 0.3) is 6.47 Å². The van der Waals surface area contributed by atoms with Gasteiger partial charge < -0.3 is 26.4 Å². The van der Waals surface area contributed by atoms with E-state index in [0.29, 0.717) is 38.0 Å². The smallest absolute Gasteiger partial charge is 0.293 e. The lowest BCUT2D eigenvalue weighted by Gasteiger charge is -2.29. The number of carbonyl (C=O) groups is 3. The van der Waals surface area contributed by atoms with E-state index in [1.54, 1.807) is 24.3 Å². The van der Waals surface area contributed by atoms with Crippen LogP contribution in [0.15, 0.2) is 54.6 Å². The van der Waals surface area contributed by atoms with E-state index in [2.05, 4.69) is 16.0 Å². The second kappa shape index (κ2) is 14.2. The minimum absolute atomic E-state index is 0.166. The molecule has 2 aromatic carbocycles. The van der Waals surface area contributed by atoms with Crippen LogP contribution in [0.5, 0.6) is 0 Å². The molecular formula is C27H38N4O4. The van der Waals surface area contributed by atoms with E-state index in [0.717, 1.165) is 17.5 Å². The maximum Gasteiger partial charge on any atom is 0.293 e. The van der Waals surface area contributed by atoms with Gasteiger partial charge in [-0.2, -0.15) is 0 Å². The largest absolute Gasteiger partial charge is 0.463 e. The molecule has 5 N–H and O–H groups in total. The number of hydrogen-bond donors (Lipinski definition) is 4. The molecule has 35 heavy (non-hydrogen) atoms. The van der Waals surface area contributed by atoms with Gasteiger partial charge in [0.2, 0.25) is 11.8 Å². The highest BCUT2D eigenvalue weighted by Crippen LogP contribution is 2.13. The van der Waals surface area contributed by atoms with Crippen molar-refractivity contribution >= 4 is 24.0 Å². The number of nitrogens with one attached hydrogen (secondary N) is 3. The number of benzene rings is 2. The molecule has 0 aromatic heterocycles. The zero-order valence-electron chi connectivity index (χ0n) is 20.9. The molecule has 0 aliphatic heterocycles. The Kier molecular flexibility index (Phi) is 11.4. The van der Waals surface area contributed by atoms with Crippen LogP contribution in [0.1, 0.15) is 51.2 Å². The minimum atomic E-state index is -0.702. The third-order valence-electron chi connectivity index (χ3n) is 5.33. The quantitative estimate of drug-likeness (QED) is 0.243. The number of unbranched alkanes of at least 4 members (excludes halogenated alkanes) is 1. The fourth-order valence-corrected chi connectivity index (χ4v) is 3.66. The molecule has 0 fully saturated rings. The Labute approximate surface area is 208 Å². The van der Waals surface area contributed by atoms with Crippen LogP contribution in [0.2, 0.25) is 0 Å². The molecule has 0 heterocycles. The first kappa shape index (κ1) is 28.0. The maximum absolute atomic E-state index is 13.3. The predicted molar refractivity (Wildman–Crippen MR) is 138 cm³/mol. The van der Waals surface area contributed by atoms with Crippen LogP contribution in [0.4, 0.5) is 5.69 Å². The Morgan fingerprint density at radius 1 is 0.943 bits per heavy atom. The molecule has 0 aliphatic rings. The van der Waals surface area contributed by atoms with Crippen molar-refractivity contribution in [1.82, 2.24) is 10.6 Å². The molecule has 8 heteroatoms. The lowest BCUT2D eigenvalue weighted by molar-refractivity contribution is -0.129. The van der Waals surface area contributed by atoms with Crippen molar-refractivity contribution < 1.29 is 19.1 Å². The minimum Gasteiger partial charge on any atom is -0.463 e. The van der Waals surface area contributed by atoms with Crippen LogP contribution in [0.3, 0.4) is 0 Å². The highest BCUT2D eigenvalue weighted by molar-refractivity contribution is 5.97. The highest BCUT2D eigenvalue weighted by Gasteiger charge is 2.28. The zero-order valence-corrected chi connectivity index (χ0v) is 20.9. The van der Waals surface area contributed by atoms with Crippen molar-refractivity contribution in [3.05, 3.63) is 65.7 Å². The summed E-state index contributed by atoms with van der Waals surface area (Å²) in [4.78, 5) is 36.8. The molecule has 0 saturated heterocycles. The summed E-state index contributed by atoms with van der Waals surface area (Å²) < 4.78 is 4.75. The summed E-state index contributed by atoms with van der Waals surface area (Å²) in [5.41, 5.74) is 7.78. The summed E-state index contributed by atoms with van der Waals surface area (Å²) in [5, 5.41) is 9.23. The molecule has 8 nitrogen and oxygen atoms in total. The average Bonchev–Trinajstić information content (AvgIpc) is 2.82. The van der Waals surface area contributed by atoms with Gasteiger partial charge in [0, 0.05) is 11.2 Å². The van der Waals surface area contributed by atoms with Gasteiger partial charge in [-0.1, -0.05) is 42.5 Å². The molecule has 2 aromatic rings. The molecule has 0 saturated carbocycles. The maximum atomic E-state index is 13.3. The van der Waals surface area contributed by atoms with E-state index in [-0.39, 0.29) is 24.0 Å². The molecule has 0 radical (unpaired) electrons. The first-order chi connectivity index (χ1) is 16.7. The Balaban J connectivity index is 2.12. The van der Waals surface area contributed by atoms with E-state index >= 15 is 0 Å². The number of anilines is 1. The van der Waals surface area contributed by atoms with Gasteiger partial charge in [0.15, 0.2) is 0 Å². The first-order valence-electron chi connectivity index (χ1n) is 12.0. The third-order valence-corrected chi connectivity index (χ3v) is 5.33. The van der Waals surface area contributed by atoms with E-state index in [4.69, 9.17) is 10.5 Å². The number of amides is 2. The molecule has 2 amide bonds. The zero-order chi connectivity index (χ0) is 25.7. The third kappa shape index (κ3) is 10.7. The average molecular weight is 483 g/mol. The molecule has 0 spiro atoms. The molecule has 2 atom stereocenters. The van der Waals surface area contributed by atoms with Crippen LogP contribution in [0.25, 0.3) is 0 Å². The van der Waals surface area contributed by atoms with Gasteiger partial charge in [-0.05, 0) is 76.3 Å². The molecule has 2 rings (SSSR count). The van der Waals surface area contributed by atoms with Crippen LogP contribution < -0.4 is 21.7 Å². The van der Waals surface area contributed by atoms with Gasteiger partial charge >= 0.3 is 0 Å². The summed E-state index contributed by atoms with van der Waals surface area (Å²) in [6.07, 6.45) is 2.46. The van der Waals surface area contributed by atoms with Gasteiger partial charge in [-0.15, -0.1) is 0 Å². The summed E-state index contributed by atoms with van der Waals surface area (Å²) >= 11 is 0. The molecule has 0 unspecified atom stereocenters. The summed E-state index contributed by atoms with van der Waals surface area (Å²) in [7, 11) is 0. The topological polar surface area (TPSA) is 123 Å². The lowest BCUT2D eigenvalue weighted by Crippen LogP contribution is -2.56. The second-order valence-corrected chi connectivity index (χ2v) is 9.58. The SMILES string of the molecule is CC(C)(C)N[C@@H](Cc1ccccc1)C(=O)N[C@@H](CCCCN)C(=O)Nc1ccc(COC=O)cc1. The fourth-order valence-electron chi connectivity index (χ4n) is 3.66. The standard InChI is InChI=1S/C27H38N4O4/c1-27(2,3)31-24(17-20-9-5-4-6-10-20)26(34)30-23(11-7-8-16-28)25(33)29-22-14-12-21(13-15-22)18-35-19-32/h4-6,9-10,12-15,19,23-24,31H,7-8,11,16-18,28H2,1-3H3,(H,29,33)(H,30,34)/t23-,24-/m0/s1. The van der Waals surface area contributed by atoms with E-state index < -0.39 is 12.1 Å². The van der Waals surface area contributed by atoms with Crippen LogP contribution in [-0.4, -0.2) is 42.5 Å². The van der Waals surface area contributed by atoms with E-state index in [9.17, 15) is 14.4 Å². The van der Waals surface area contributed by atoms with Crippen LogP contribution in [-0.2, 0) is 32.1 Å².